The van der Waals surface area contributed by atoms with E-state index in [0.717, 1.165) is 12.8 Å². The molecule has 0 bridgehead atoms. The molecule has 2 N–H and O–H groups in total. The molecule has 5 rings (SSSR count). The van der Waals surface area contributed by atoms with Crippen LogP contribution in [0.3, 0.4) is 0 Å². The van der Waals surface area contributed by atoms with Crippen molar-refractivity contribution >= 4 is 33.9 Å². The Balaban J connectivity index is 1.63. The highest BCUT2D eigenvalue weighted by molar-refractivity contribution is 6.35. The Bertz CT molecular complexity index is 1540. The highest BCUT2D eigenvalue weighted by atomic mass is 35.5. The maximum absolute atomic E-state index is 13.8. The molecule has 37 heavy (non-hydrogen) atoms. The zero-order chi connectivity index (χ0) is 27.2. The van der Waals surface area contributed by atoms with Gasteiger partial charge in [0.1, 0.15) is 17.6 Å². The zero-order valence-corrected chi connectivity index (χ0v) is 21.9. The number of pyridine rings is 1. The molecule has 0 spiro atoms. The van der Waals surface area contributed by atoms with Crippen LogP contribution in [0.25, 0.3) is 10.9 Å². The first-order valence-corrected chi connectivity index (χ1v) is 12.6. The van der Waals surface area contributed by atoms with Gasteiger partial charge in [0.2, 0.25) is 0 Å². The highest BCUT2D eigenvalue weighted by Crippen LogP contribution is 2.38. The summed E-state index contributed by atoms with van der Waals surface area (Å²) < 4.78 is 25.1. The van der Waals surface area contributed by atoms with Crippen LogP contribution in [0.4, 0.5) is 15.8 Å². The second kappa shape index (κ2) is 9.64. The minimum absolute atomic E-state index is 0.0301. The number of nitriles is 1. The van der Waals surface area contributed by atoms with Gasteiger partial charge in [-0.05, 0) is 55.0 Å². The van der Waals surface area contributed by atoms with Crippen LogP contribution in [0, 0.1) is 22.6 Å². The highest BCUT2D eigenvalue weighted by Gasteiger charge is 2.27. The van der Waals surface area contributed by atoms with Crippen LogP contribution in [-0.2, 0) is 0 Å². The third kappa shape index (κ3) is 5.23. The number of fused-ring (bicyclic) bond motifs is 1. The molecular formula is C28H29ClFN7. The summed E-state index contributed by atoms with van der Waals surface area (Å²) in [7, 11) is 0. The van der Waals surface area contributed by atoms with E-state index in [1.165, 1.54) is 18.3 Å². The molecule has 190 valence electrons. The largest absolute Gasteiger partial charge is 0.380 e. The number of anilines is 2. The Morgan fingerprint density at radius 3 is 2.59 bits per heavy atom. The number of nitrogens with zero attached hydrogens (tertiary/aromatic N) is 5. The standard InChI is InChI=1S/C28H29ClFN7/c1-16(28(2,3)4)33-25-18(13-31)14-32-27-22(25)11-20(12-23(27)29)34-26(17-5-7-19(30)8-6-17)24-15-37(36-35-24)21-9-10-21/h5-8,11-12,14-16,21,26,34H,9-10H2,1-4H3,(H,32,33)/t16-,26?/m1/s1/i26D. The molecule has 2 heterocycles. The summed E-state index contributed by atoms with van der Waals surface area (Å²) in [5, 5.41) is 26.2. The molecule has 2 aromatic carbocycles. The summed E-state index contributed by atoms with van der Waals surface area (Å²) in [5.41, 5.74) is 2.86. The van der Waals surface area contributed by atoms with Gasteiger partial charge in [-0.1, -0.05) is 49.7 Å². The molecule has 2 atom stereocenters. The van der Waals surface area contributed by atoms with Crippen LogP contribution in [0.2, 0.25) is 5.02 Å². The summed E-state index contributed by atoms with van der Waals surface area (Å²) in [6.07, 6.45) is 5.32. The van der Waals surface area contributed by atoms with Gasteiger partial charge in [0.15, 0.2) is 0 Å². The van der Waals surface area contributed by atoms with E-state index in [1.807, 2.05) is 6.07 Å². The molecule has 0 saturated heterocycles. The van der Waals surface area contributed by atoms with Crippen LogP contribution in [0.1, 0.15) is 70.8 Å². The van der Waals surface area contributed by atoms with E-state index in [9.17, 15) is 11.0 Å². The second-order valence-corrected chi connectivity index (χ2v) is 11.0. The van der Waals surface area contributed by atoms with Gasteiger partial charge in [0.05, 0.1) is 41.4 Å². The maximum atomic E-state index is 13.8. The molecule has 1 aliphatic carbocycles. The fourth-order valence-electron chi connectivity index (χ4n) is 3.96. The number of benzene rings is 2. The predicted octanol–water partition coefficient (Wildman–Crippen LogP) is 6.87. The first-order valence-electron chi connectivity index (χ1n) is 12.7. The molecule has 1 fully saturated rings. The van der Waals surface area contributed by atoms with E-state index in [-0.39, 0.29) is 17.5 Å². The third-order valence-corrected chi connectivity index (χ3v) is 7.08. The van der Waals surface area contributed by atoms with Crippen molar-refractivity contribution in [1.82, 2.24) is 20.0 Å². The van der Waals surface area contributed by atoms with E-state index in [1.54, 1.807) is 29.1 Å². The molecule has 7 nitrogen and oxygen atoms in total. The Morgan fingerprint density at radius 1 is 1.22 bits per heavy atom. The van der Waals surface area contributed by atoms with Crippen LogP contribution in [0.5, 0.6) is 0 Å². The van der Waals surface area contributed by atoms with Gasteiger partial charge >= 0.3 is 0 Å². The van der Waals surface area contributed by atoms with Crippen molar-refractivity contribution in [2.24, 2.45) is 5.41 Å². The number of hydrogen-bond donors (Lipinski definition) is 2. The normalized spacial score (nSPS) is 16.5. The lowest BCUT2D eigenvalue weighted by Gasteiger charge is -2.30. The molecule has 1 saturated carbocycles. The third-order valence-electron chi connectivity index (χ3n) is 6.79. The van der Waals surface area contributed by atoms with Crippen molar-refractivity contribution in [3.05, 3.63) is 76.5 Å². The fraction of sp³-hybridized carbons (Fsp3) is 0.357. The summed E-state index contributed by atoms with van der Waals surface area (Å²) in [5.74, 6) is -0.398. The van der Waals surface area contributed by atoms with E-state index < -0.39 is 11.8 Å². The molecule has 1 unspecified atom stereocenters. The second-order valence-electron chi connectivity index (χ2n) is 10.6. The van der Waals surface area contributed by atoms with Gasteiger partial charge in [0, 0.05) is 23.3 Å². The van der Waals surface area contributed by atoms with Crippen molar-refractivity contribution < 1.29 is 5.76 Å². The monoisotopic (exact) mass is 518 g/mol. The minimum Gasteiger partial charge on any atom is -0.380 e. The minimum atomic E-state index is -1.59. The molecule has 1 aliphatic rings. The predicted molar refractivity (Wildman–Crippen MR) is 144 cm³/mol. The molecule has 9 heteroatoms. The Morgan fingerprint density at radius 2 is 1.95 bits per heavy atom. The van der Waals surface area contributed by atoms with Crippen molar-refractivity contribution in [3.63, 3.8) is 0 Å². The average molecular weight is 519 g/mol. The van der Waals surface area contributed by atoms with Crippen molar-refractivity contribution in [3.8, 4) is 6.07 Å². The average Bonchev–Trinajstić information content (AvgIpc) is 3.59. The molecule has 4 aromatic rings. The van der Waals surface area contributed by atoms with E-state index in [0.29, 0.717) is 44.1 Å². The summed E-state index contributed by atoms with van der Waals surface area (Å²) in [6.45, 7) is 8.41. The van der Waals surface area contributed by atoms with Gasteiger partial charge < -0.3 is 10.6 Å². The van der Waals surface area contributed by atoms with Gasteiger partial charge in [-0.2, -0.15) is 5.26 Å². The SMILES string of the molecule is [2H]C(Nc1cc(Cl)c2ncc(C#N)c(N[C@H](C)C(C)(C)C)c2c1)(c1ccc(F)cc1)c1cn(C2CC2)nn1. The van der Waals surface area contributed by atoms with E-state index >= 15 is 0 Å². The Kier molecular flexibility index (Phi) is 6.17. The van der Waals surface area contributed by atoms with Crippen LogP contribution < -0.4 is 10.6 Å². The van der Waals surface area contributed by atoms with Crippen LogP contribution >= 0.6 is 11.6 Å². The quantitative estimate of drug-likeness (QED) is 0.277. The lowest BCUT2D eigenvalue weighted by molar-refractivity contribution is 0.359. The topological polar surface area (TPSA) is 91.5 Å². The van der Waals surface area contributed by atoms with Gasteiger partial charge in [-0.15, -0.1) is 5.10 Å². The number of halogens is 2. The lowest BCUT2D eigenvalue weighted by Crippen LogP contribution is -2.31. The van der Waals surface area contributed by atoms with Crippen molar-refractivity contribution in [1.29, 1.82) is 5.26 Å². The smallest absolute Gasteiger partial charge is 0.123 e. The van der Waals surface area contributed by atoms with Gasteiger partial charge in [-0.3, -0.25) is 4.98 Å². The Labute approximate surface area is 222 Å². The fourth-order valence-corrected chi connectivity index (χ4v) is 4.23. The molecule has 0 amide bonds. The molecule has 2 aromatic heterocycles. The summed E-state index contributed by atoms with van der Waals surface area (Å²) in [4.78, 5) is 4.44. The number of nitrogens with one attached hydrogen (secondary N) is 2. The first kappa shape index (κ1) is 23.7. The first-order chi connectivity index (χ1) is 18.0. The number of aromatic nitrogens is 4. The summed E-state index contributed by atoms with van der Waals surface area (Å²) >= 11 is 6.70. The van der Waals surface area contributed by atoms with E-state index in [2.05, 4.69) is 59.7 Å². The lowest BCUT2D eigenvalue weighted by atomic mass is 9.87. The van der Waals surface area contributed by atoms with Crippen molar-refractivity contribution in [2.75, 3.05) is 10.6 Å². The molecule has 0 radical (unpaired) electrons. The maximum Gasteiger partial charge on any atom is 0.123 e. The molecular weight excluding hydrogens is 489 g/mol. The Hall–Kier alpha value is -3.70. The molecule has 0 aliphatic heterocycles. The van der Waals surface area contributed by atoms with Crippen LogP contribution in [-0.4, -0.2) is 26.0 Å². The van der Waals surface area contributed by atoms with Crippen molar-refractivity contribution in [2.45, 2.75) is 58.6 Å². The zero-order valence-electron chi connectivity index (χ0n) is 22.2. The van der Waals surface area contributed by atoms with Gasteiger partial charge in [0.25, 0.3) is 0 Å². The number of hydrogen-bond acceptors (Lipinski definition) is 6. The van der Waals surface area contributed by atoms with E-state index in [4.69, 9.17) is 11.6 Å². The summed E-state index contributed by atoms with van der Waals surface area (Å²) in [6, 6.07) is 10.2. The van der Waals surface area contributed by atoms with Crippen LogP contribution in [0.15, 0.2) is 48.8 Å². The van der Waals surface area contributed by atoms with Gasteiger partial charge in [-0.25, -0.2) is 9.07 Å². The number of rotatable bonds is 7.